The summed E-state index contributed by atoms with van der Waals surface area (Å²) in [6.07, 6.45) is 2.61. The third-order valence-corrected chi connectivity index (χ3v) is 3.95. The Balaban J connectivity index is 1.67. The zero-order chi connectivity index (χ0) is 10.3. The molecule has 1 saturated carbocycles. The lowest BCUT2D eigenvalue weighted by Gasteiger charge is -2.52. The quantitative estimate of drug-likeness (QED) is 0.766. The summed E-state index contributed by atoms with van der Waals surface area (Å²) in [5, 5.41) is 11.9. The number of ether oxygens (including phenoxy) is 1. The van der Waals surface area contributed by atoms with E-state index in [2.05, 4.69) is 15.5 Å². The Morgan fingerprint density at radius 1 is 1.60 bits per heavy atom. The Kier molecular flexibility index (Phi) is 2.34. The van der Waals surface area contributed by atoms with E-state index in [1.807, 2.05) is 0 Å². The molecule has 2 heterocycles. The molecule has 2 fully saturated rings. The molecule has 0 bridgehead atoms. The second kappa shape index (κ2) is 3.70. The molecule has 0 amide bonds. The summed E-state index contributed by atoms with van der Waals surface area (Å²) in [5.74, 6) is 0.532. The first kappa shape index (κ1) is 9.50. The van der Waals surface area contributed by atoms with Gasteiger partial charge < -0.3 is 15.8 Å². The average Bonchev–Trinajstić information content (AvgIpc) is 2.78. The van der Waals surface area contributed by atoms with Gasteiger partial charge in [-0.1, -0.05) is 11.3 Å². The molecule has 0 aromatic carbocycles. The van der Waals surface area contributed by atoms with Gasteiger partial charge in [-0.2, -0.15) is 0 Å². The van der Waals surface area contributed by atoms with Crippen molar-refractivity contribution in [1.82, 2.24) is 10.2 Å². The van der Waals surface area contributed by atoms with Crippen LogP contribution in [-0.4, -0.2) is 35.0 Å². The summed E-state index contributed by atoms with van der Waals surface area (Å²) in [4.78, 5) is 0. The smallest absolute Gasteiger partial charge is 0.205 e. The average molecular weight is 226 g/mol. The van der Waals surface area contributed by atoms with Crippen LogP contribution in [0.4, 0.5) is 5.13 Å². The van der Waals surface area contributed by atoms with E-state index in [1.54, 1.807) is 5.51 Å². The van der Waals surface area contributed by atoms with Crippen molar-refractivity contribution in [2.45, 2.75) is 31.0 Å². The van der Waals surface area contributed by atoms with Crippen LogP contribution in [0.2, 0.25) is 0 Å². The van der Waals surface area contributed by atoms with Gasteiger partial charge in [0.1, 0.15) is 5.51 Å². The van der Waals surface area contributed by atoms with Crippen molar-refractivity contribution in [2.75, 3.05) is 11.9 Å². The Hall–Kier alpha value is -0.720. The van der Waals surface area contributed by atoms with E-state index in [-0.39, 0.29) is 18.2 Å². The van der Waals surface area contributed by atoms with Crippen LogP contribution in [0.3, 0.4) is 0 Å². The van der Waals surface area contributed by atoms with E-state index in [4.69, 9.17) is 10.5 Å². The third kappa shape index (κ3) is 1.53. The van der Waals surface area contributed by atoms with Crippen molar-refractivity contribution in [3.8, 4) is 0 Å². The van der Waals surface area contributed by atoms with E-state index in [0.29, 0.717) is 5.92 Å². The molecule has 3 N–H and O–H groups in total. The zero-order valence-corrected chi connectivity index (χ0v) is 9.11. The normalized spacial score (nSPS) is 39.3. The fourth-order valence-corrected chi connectivity index (χ4v) is 3.00. The van der Waals surface area contributed by atoms with Crippen molar-refractivity contribution in [1.29, 1.82) is 0 Å². The molecule has 5 nitrogen and oxygen atoms in total. The van der Waals surface area contributed by atoms with Crippen molar-refractivity contribution in [2.24, 2.45) is 11.7 Å². The monoisotopic (exact) mass is 226 g/mol. The molecule has 4 atom stereocenters. The molecule has 1 aromatic heterocycles. The van der Waals surface area contributed by atoms with Crippen molar-refractivity contribution in [3.63, 3.8) is 0 Å². The van der Waals surface area contributed by atoms with Crippen molar-refractivity contribution in [3.05, 3.63) is 5.51 Å². The molecule has 6 heteroatoms. The number of nitrogens with one attached hydrogen (secondary N) is 1. The molecule has 0 spiro atoms. The molecule has 1 aromatic rings. The number of nitrogens with zero attached hydrogens (tertiary/aromatic N) is 2. The van der Waals surface area contributed by atoms with Crippen LogP contribution in [0, 0.1) is 5.92 Å². The molecule has 1 aliphatic carbocycles. The first-order valence-electron chi connectivity index (χ1n) is 5.26. The first-order valence-corrected chi connectivity index (χ1v) is 6.14. The van der Waals surface area contributed by atoms with Gasteiger partial charge in [0.15, 0.2) is 0 Å². The Bertz CT molecular complexity index is 331. The minimum absolute atomic E-state index is 0.194. The molecule has 2 aliphatic rings. The Morgan fingerprint density at radius 2 is 2.53 bits per heavy atom. The fraction of sp³-hybridized carbons (Fsp3) is 0.778. The molecule has 3 rings (SSSR count). The molecular weight excluding hydrogens is 212 g/mol. The lowest BCUT2D eigenvalue weighted by Crippen LogP contribution is -2.69. The van der Waals surface area contributed by atoms with Crippen molar-refractivity contribution >= 4 is 16.5 Å². The summed E-state index contributed by atoms with van der Waals surface area (Å²) in [6, 6.07) is 0.405. The van der Waals surface area contributed by atoms with Crippen LogP contribution >= 0.6 is 11.3 Å². The maximum atomic E-state index is 6.11. The minimum Gasteiger partial charge on any atom is -0.376 e. The highest BCUT2D eigenvalue weighted by Crippen LogP contribution is 2.38. The van der Waals surface area contributed by atoms with Crippen LogP contribution in [0.15, 0.2) is 5.51 Å². The maximum Gasteiger partial charge on any atom is 0.205 e. The molecule has 82 valence electrons. The number of hydrogen-bond donors (Lipinski definition) is 2. The standard InChI is InChI=1S/C9H14N4OS/c10-6-5-2-1-3-14-8(5)7(6)12-9-13-11-4-15-9/h4-8H,1-3,10H2,(H,12,13). The van der Waals surface area contributed by atoms with Gasteiger partial charge >= 0.3 is 0 Å². The van der Waals surface area contributed by atoms with E-state index in [0.717, 1.165) is 18.2 Å². The summed E-state index contributed by atoms with van der Waals surface area (Å²) < 4.78 is 5.72. The Labute approximate surface area is 92.0 Å². The van der Waals surface area contributed by atoms with Gasteiger partial charge in [0.25, 0.3) is 0 Å². The van der Waals surface area contributed by atoms with E-state index in [9.17, 15) is 0 Å². The molecule has 0 radical (unpaired) electrons. The number of nitrogens with two attached hydrogens (primary N) is 1. The fourth-order valence-electron chi connectivity index (χ4n) is 2.50. The molecule has 15 heavy (non-hydrogen) atoms. The molecule has 4 unspecified atom stereocenters. The van der Waals surface area contributed by atoms with Crippen LogP contribution in [0.25, 0.3) is 0 Å². The van der Waals surface area contributed by atoms with Gasteiger partial charge in [-0.15, -0.1) is 10.2 Å². The largest absolute Gasteiger partial charge is 0.376 e. The van der Waals surface area contributed by atoms with Crippen LogP contribution in [0.5, 0.6) is 0 Å². The number of hydrogen-bond acceptors (Lipinski definition) is 6. The lowest BCUT2D eigenvalue weighted by molar-refractivity contribution is -0.104. The van der Waals surface area contributed by atoms with Crippen LogP contribution in [0.1, 0.15) is 12.8 Å². The topological polar surface area (TPSA) is 73.1 Å². The van der Waals surface area contributed by atoms with Crippen molar-refractivity contribution < 1.29 is 4.74 Å². The Morgan fingerprint density at radius 3 is 3.33 bits per heavy atom. The zero-order valence-electron chi connectivity index (χ0n) is 8.30. The van der Waals surface area contributed by atoms with Crippen LogP contribution in [-0.2, 0) is 4.74 Å². The molecule has 1 saturated heterocycles. The first-order chi connectivity index (χ1) is 7.36. The van der Waals surface area contributed by atoms with Gasteiger partial charge in [0.05, 0.1) is 12.1 Å². The van der Waals surface area contributed by atoms with E-state index >= 15 is 0 Å². The van der Waals surface area contributed by atoms with Gasteiger partial charge in [-0.05, 0) is 12.8 Å². The summed E-state index contributed by atoms with van der Waals surface area (Å²) >= 11 is 1.50. The van der Waals surface area contributed by atoms with E-state index < -0.39 is 0 Å². The predicted octanol–water partition coefficient (Wildman–Crippen LogP) is 0.455. The SMILES string of the molecule is NC1C2CCCOC2C1Nc1nncs1. The second-order valence-electron chi connectivity index (χ2n) is 4.13. The minimum atomic E-state index is 0.194. The highest BCUT2D eigenvalue weighted by molar-refractivity contribution is 7.13. The van der Waals surface area contributed by atoms with Gasteiger partial charge in [0.2, 0.25) is 5.13 Å². The maximum absolute atomic E-state index is 6.11. The molecular formula is C9H14N4OS. The van der Waals surface area contributed by atoms with Crippen LogP contribution < -0.4 is 11.1 Å². The number of anilines is 1. The summed E-state index contributed by atoms with van der Waals surface area (Å²) in [5.41, 5.74) is 7.82. The highest BCUT2D eigenvalue weighted by Gasteiger charge is 2.50. The van der Waals surface area contributed by atoms with Gasteiger partial charge in [-0.3, -0.25) is 0 Å². The second-order valence-corrected chi connectivity index (χ2v) is 4.97. The van der Waals surface area contributed by atoms with Gasteiger partial charge in [-0.25, -0.2) is 0 Å². The third-order valence-electron chi connectivity index (χ3n) is 3.33. The number of rotatable bonds is 2. The highest BCUT2D eigenvalue weighted by atomic mass is 32.1. The predicted molar refractivity (Wildman–Crippen MR) is 57.8 cm³/mol. The summed E-state index contributed by atoms with van der Waals surface area (Å²) in [6.45, 7) is 0.863. The number of fused-ring (bicyclic) bond motifs is 1. The summed E-state index contributed by atoms with van der Waals surface area (Å²) in [7, 11) is 0. The van der Waals surface area contributed by atoms with E-state index in [1.165, 1.54) is 17.8 Å². The lowest BCUT2D eigenvalue weighted by atomic mass is 9.69. The van der Waals surface area contributed by atoms with Gasteiger partial charge in [0, 0.05) is 18.6 Å². The molecule has 1 aliphatic heterocycles. The number of aromatic nitrogens is 2.